The minimum absolute atomic E-state index is 0.00463. The molecule has 100 valence electrons. The highest BCUT2D eigenvalue weighted by atomic mass is 16.5. The average Bonchev–Trinajstić information content (AvgIpc) is 2.42. The van der Waals surface area contributed by atoms with E-state index in [-0.39, 0.29) is 35.1 Å². The topological polar surface area (TPSA) is 46.5 Å². The molecule has 2 saturated carbocycles. The predicted molar refractivity (Wildman–Crippen MR) is 67.7 cm³/mol. The SMILES string of the molecule is C=C1C2C(=O)OCC3C2C(O)(C(C)C)CCC13C. The molecule has 4 bridgehead atoms. The van der Waals surface area contributed by atoms with Crippen LogP contribution in [0.5, 0.6) is 0 Å². The summed E-state index contributed by atoms with van der Waals surface area (Å²) in [6.45, 7) is 10.9. The van der Waals surface area contributed by atoms with Crippen molar-refractivity contribution in [1.29, 1.82) is 0 Å². The van der Waals surface area contributed by atoms with Gasteiger partial charge in [0, 0.05) is 11.8 Å². The summed E-state index contributed by atoms with van der Waals surface area (Å²) in [5.41, 5.74) is 0.229. The normalized spacial score (nSPS) is 50.6. The molecule has 1 saturated heterocycles. The van der Waals surface area contributed by atoms with Gasteiger partial charge in [-0.25, -0.2) is 0 Å². The molecule has 1 heterocycles. The molecule has 3 rings (SSSR count). The van der Waals surface area contributed by atoms with Gasteiger partial charge >= 0.3 is 5.97 Å². The molecule has 5 unspecified atom stereocenters. The van der Waals surface area contributed by atoms with Gasteiger partial charge in [0.25, 0.3) is 0 Å². The summed E-state index contributed by atoms with van der Waals surface area (Å²) < 4.78 is 5.30. The van der Waals surface area contributed by atoms with Gasteiger partial charge in [0.1, 0.15) is 0 Å². The van der Waals surface area contributed by atoms with Crippen molar-refractivity contribution in [3.63, 3.8) is 0 Å². The zero-order valence-corrected chi connectivity index (χ0v) is 11.4. The van der Waals surface area contributed by atoms with Crippen LogP contribution in [0.25, 0.3) is 0 Å². The lowest BCUT2D eigenvalue weighted by atomic mass is 9.58. The fourth-order valence-electron chi connectivity index (χ4n) is 4.56. The lowest BCUT2D eigenvalue weighted by molar-refractivity contribution is -0.184. The van der Waals surface area contributed by atoms with Crippen molar-refractivity contribution in [1.82, 2.24) is 0 Å². The van der Waals surface area contributed by atoms with Gasteiger partial charge in [-0.15, -0.1) is 0 Å². The van der Waals surface area contributed by atoms with Gasteiger partial charge in [-0.1, -0.05) is 32.9 Å². The highest BCUT2D eigenvalue weighted by Crippen LogP contribution is 2.66. The van der Waals surface area contributed by atoms with E-state index in [1.807, 2.05) is 13.8 Å². The van der Waals surface area contributed by atoms with E-state index in [1.54, 1.807) is 0 Å². The zero-order chi connectivity index (χ0) is 13.3. The summed E-state index contributed by atoms with van der Waals surface area (Å²) in [5, 5.41) is 11.0. The number of carbonyl (C=O) groups excluding carboxylic acids is 1. The number of hydrogen-bond acceptors (Lipinski definition) is 3. The maximum atomic E-state index is 12.1. The van der Waals surface area contributed by atoms with Crippen LogP contribution >= 0.6 is 0 Å². The summed E-state index contributed by atoms with van der Waals surface area (Å²) in [7, 11) is 0. The lowest BCUT2D eigenvalue weighted by Crippen LogP contribution is -2.56. The molecule has 1 N–H and O–H groups in total. The van der Waals surface area contributed by atoms with E-state index in [9.17, 15) is 9.90 Å². The number of rotatable bonds is 1. The van der Waals surface area contributed by atoms with Crippen molar-refractivity contribution in [2.45, 2.75) is 39.2 Å². The average molecular weight is 250 g/mol. The van der Waals surface area contributed by atoms with Gasteiger partial charge in [0.05, 0.1) is 18.1 Å². The number of hydrogen-bond donors (Lipinski definition) is 1. The maximum Gasteiger partial charge on any atom is 0.313 e. The van der Waals surface area contributed by atoms with E-state index in [2.05, 4.69) is 13.5 Å². The van der Waals surface area contributed by atoms with Gasteiger partial charge in [0.2, 0.25) is 0 Å². The first-order valence-corrected chi connectivity index (χ1v) is 6.90. The molecule has 5 atom stereocenters. The Bertz CT molecular complexity index is 427. The van der Waals surface area contributed by atoms with E-state index in [1.165, 1.54) is 0 Å². The molecule has 1 aliphatic heterocycles. The Morgan fingerprint density at radius 3 is 2.72 bits per heavy atom. The molecule has 3 nitrogen and oxygen atoms in total. The van der Waals surface area contributed by atoms with E-state index >= 15 is 0 Å². The number of ether oxygens (including phenoxy) is 1. The number of esters is 1. The van der Waals surface area contributed by atoms with Crippen LogP contribution < -0.4 is 0 Å². The molecule has 0 aromatic carbocycles. The largest absolute Gasteiger partial charge is 0.465 e. The first kappa shape index (κ1) is 12.2. The molecule has 3 heteroatoms. The van der Waals surface area contributed by atoms with Crippen LogP contribution in [0.3, 0.4) is 0 Å². The summed E-state index contributed by atoms with van der Waals surface area (Å²) in [6, 6.07) is 0. The van der Waals surface area contributed by atoms with Crippen molar-refractivity contribution in [3.05, 3.63) is 12.2 Å². The first-order chi connectivity index (χ1) is 8.32. The monoisotopic (exact) mass is 250 g/mol. The van der Waals surface area contributed by atoms with E-state index < -0.39 is 5.60 Å². The van der Waals surface area contributed by atoms with Crippen molar-refractivity contribution in [2.75, 3.05) is 6.61 Å². The van der Waals surface area contributed by atoms with Gasteiger partial charge < -0.3 is 9.84 Å². The number of aliphatic hydroxyl groups is 1. The molecule has 0 amide bonds. The standard InChI is InChI=1S/C15H22O3/c1-8(2)15(17)6-5-14(4)9(3)11-12(15)10(14)7-18-13(11)16/h8,10-12,17H,3,5-7H2,1-2,4H3. The highest BCUT2D eigenvalue weighted by molar-refractivity contribution is 5.79. The van der Waals surface area contributed by atoms with Gasteiger partial charge in [-0.2, -0.15) is 0 Å². The Balaban J connectivity index is 2.13. The molecule has 2 aliphatic carbocycles. The maximum absolute atomic E-state index is 12.1. The van der Waals surface area contributed by atoms with Crippen molar-refractivity contribution in [3.8, 4) is 0 Å². The van der Waals surface area contributed by atoms with Gasteiger partial charge in [-0.3, -0.25) is 4.79 Å². The summed E-state index contributed by atoms with van der Waals surface area (Å²) in [4.78, 5) is 12.1. The molecule has 0 aromatic rings. The molecule has 0 spiro atoms. The fraction of sp³-hybridized carbons (Fsp3) is 0.800. The van der Waals surface area contributed by atoms with Crippen LogP contribution in [0.1, 0.15) is 33.6 Å². The predicted octanol–water partition coefficient (Wildman–Crippen LogP) is 2.15. The van der Waals surface area contributed by atoms with Gasteiger partial charge in [0.15, 0.2) is 0 Å². The third-order valence-electron chi connectivity index (χ3n) is 6.00. The van der Waals surface area contributed by atoms with Crippen LogP contribution in [0.2, 0.25) is 0 Å². The van der Waals surface area contributed by atoms with Crippen LogP contribution in [0, 0.1) is 29.1 Å². The Hall–Kier alpha value is -0.830. The second-order valence-electron chi connectivity index (χ2n) is 6.83. The summed E-state index contributed by atoms with van der Waals surface area (Å²) in [6.07, 6.45) is 1.68. The minimum atomic E-state index is -0.742. The molecule has 3 fully saturated rings. The second-order valence-corrected chi connectivity index (χ2v) is 6.83. The fourth-order valence-corrected chi connectivity index (χ4v) is 4.56. The third-order valence-corrected chi connectivity index (χ3v) is 6.00. The van der Waals surface area contributed by atoms with E-state index in [0.717, 1.165) is 18.4 Å². The van der Waals surface area contributed by atoms with Crippen molar-refractivity contribution in [2.24, 2.45) is 29.1 Å². The van der Waals surface area contributed by atoms with E-state index in [0.29, 0.717) is 6.61 Å². The smallest absolute Gasteiger partial charge is 0.313 e. The first-order valence-electron chi connectivity index (χ1n) is 6.90. The Morgan fingerprint density at radius 2 is 2.11 bits per heavy atom. The summed E-state index contributed by atoms with van der Waals surface area (Å²) in [5.74, 6) is -0.0534. The zero-order valence-electron chi connectivity index (χ0n) is 11.4. The molecule has 0 aromatic heterocycles. The van der Waals surface area contributed by atoms with E-state index in [4.69, 9.17) is 4.74 Å². The Labute approximate surface area is 108 Å². The quantitative estimate of drug-likeness (QED) is 0.573. The minimum Gasteiger partial charge on any atom is -0.465 e. The summed E-state index contributed by atoms with van der Waals surface area (Å²) >= 11 is 0. The molecular weight excluding hydrogens is 228 g/mol. The number of carbonyl (C=O) groups is 1. The lowest BCUT2D eigenvalue weighted by Gasteiger charge is -2.50. The Morgan fingerprint density at radius 1 is 1.44 bits per heavy atom. The van der Waals surface area contributed by atoms with Crippen LogP contribution in [-0.2, 0) is 9.53 Å². The highest BCUT2D eigenvalue weighted by Gasteiger charge is 2.68. The third kappa shape index (κ3) is 1.16. The molecule has 18 heavy (non-hydrogen) atoms. The molecule has 3 aliphatic rings. The Kier molecular flexibility index (Phi) is 2.30. The molecular formula is C15H22O3. The number of cyclic esters (lactones) is 1. The van der Waals surface area contributed by atoms with Crippen LogP contribution in [0.4, 0.5) is 0 Å². The van der Waals surface area contributed by atoms with Crippen molar-refractivity contribution < 1.29 is 14.6 Å². The molecule has 0 radical (unpaired) electrons. The van der Waals surface area contributed by atoms with Crippen LogP contribution in [-0.4, -0.2) is 23.3 Å². The van der Waals surface area contributed by atoms with Gasteiger partial charge in [-0.05, 0) is 24.2 Å². The second kappa shape index (κ2) is 3.38. The van der Waals surface area contributed by atoms with Crippen molar-refractivity contribution >= 4 is 5.97 Å². The van der Waals surface area contributed by atoms with Crippen LogP contribution in [0.15, 0.2) is 12.2 Å².